The SMILES string of the molecule is Cc1cc(F)ccc1Nc1cc[c]c(N)c1. The lowest BCUT2D eigenvalue weighted by Crippen LogP contribution is -1.94. The molecule has 0 saturated heterocycles. The fourth-order valence-electron chi connectivity index (χ4n) is 1.49. The van der Waals surface area contributed by atoms with Crippen molar-refractivity contribution in [1.82, 2.24) is 0 Å². The van der Waals surface area contributed by atoms with Gasteiger partial charge in [0.2, 0.25) is 0 Å². The van der Waals surface area contributed by atoms with Crippen LogP contribution in [0.2, 0.25) is 0 Å². The molecule has 0 amide bonds. The summed E-state index contributed by atoms with van der Waals surface area (Å²) in [5.74, 6) is -0.232. The fourth-order valence-corrected chi connectivity index (χ4v) is 1.49. The van der Waals surface area contributed by atoms with E-state index in [9.17, 15) is 4.39 Å². The molecular formula is C13H12FN2. The number of nitrogens with one attached hydrogen (secondary N) is 1. The van der Waals surface area contributed by atoms with Crippen LogP contribution in [0.1, 0.15) is 5.56 Å². The van der Waals surface area contributed by atoms with Crippen molar-refractivity contribution in [3.8, 4) is 0 Å². The average Bonchev–Trinajstić information content (AvgIpc) is 2.22. The maximum Gasteiger partial charge on any atom is 0.123 e. The minimum absolute atomic E-state index is 0.232. The summed E-state index contributed by atoms with van der Waals surface area (Å²) >= 11 is 0. The van der Waals surface area contributed by atoms with Gasteiger partial charge in [0.05, 0.1) is 0 Å². The molecule has 0 atom stereocenters. The summed E-state index contributed by atoms with van der Waals surface area (Å²) in [5, 5.41) is 3.17. The highest BCUT2D eigenvalue weighted by Crippen LogP contribution is 2.22. The number of hydrogen-bond acceptors (Lipinski definition) is 2. The van der Waals surface area contributed by atoms with E-state index < -0.39 is 0 Å². The van der Waals surface area contributed by atoms with Gasteiger partial charge in [0.25, 0.3) is 0 Å². The van der Waals surface area contributed by atoms with E-state index in [1.807, 2.05) is 13.0 Å². The van der Waals surface area contributed by atoms with Crippen LogP contribution in [0.15, 0.2) is 36.4 Å². The zero-order chi connectivity index (χ0) is 11.5. The molecule has 3 heteroatoms. The van der Waals surface area contributed by atoms with Crippen LogP contribution < -0.4 is 11.1 Å². The maximum atomic E-state index is 12.9. The van der Waals surface area contributed by atoms with E-state index in [-0.39, 0.29) is 5.82 Å². The topological polar surface area (TPSA) is 38.0 Å². The summed E-state index contributed by atoms with van der Waals surface area (Å²) in [4.78, 5) is 0. The van der Waals surface area contributed by atoms with Gasteiger partial charge in [-0.25, -0.2) is 4.39 Å². The van der Waals surface area contributed by atoms with Crippen molar-refractivity contribution in [2.75, 3.05) is 11.1 Å². The van der Waals surface area contributed by atoms with Crippen LogP contribution >= 0.6 is 0 Å². The van der Waals surface area contributed by atoms with E-state index in [1.54, 1.807) is 18.2 Å². The summed E-state index contributed by atoms with van der Waals surface area (Å²) < 4.78 is 12.9. The first kappa shape index (κ1) is 10.5. The summed E-state index contributed by atoms with van der Waals surface area (Å²) in [6, 6.07) is 12.9. The zero-order valence-electron chi connectivity index (χ0n) is 8.92. The molecular weight excluding hydrogens is 203 g/mol. The number of benzene rings is 2. The molecule has 0 aromatic heterocycles. The molecule has 81 valence electrons. The van der Waals surface area contributed by atoms with Gasteiger partial charge in [-0.2, -0.15) is 0 Å². The number of nitrogen functional groups attached to an aromatic ring is 1. The third kappa shape index (κ3) is 2.31. The van der Waals surface area contributed by atoms with Gasteiger partial charge in [-0.15, -0.1) is 0 Å². The Bertz CT molecular complexity index is 509. The van der Waals surface area contributed by atoms with Crippen LogP contribution in [0, 0.1) is 18.8 Å². The van der Waals surface area contributed by atoms with E-state index in [1.165, 1.54) is 12.1 Å². The minimum Gasteiger partial charge on any atom is -0.398 e. The molecule has 2 rings (SSSR count). The number of rotatable bonds is 2. The number of aryl methyl sites for hydroxylation is 1. The van der Waals surface area contributed by atoms with Gasteiger partial charge < -0.3 is 11.1 Å². The number of anilines is 3. The van der Waals surface area contributed by atoms with Crippen LogP contribution in [0.4, 0.5) is 21.5 Å². The highest BCUT2D eigenvalue weighted by molar-refractivity contribution is 5.65. The highest BCUT2D eigenvalue weighted by Gasteiger charge is 2.00. The van der Waals surface area contributed by atoms with Crippen LogP contribution in [-0.4, -0.2) is 0 Å². The Morgan fingerprint density at radius 2 is 2.06 bits per heavy atom. The first-order valence-electron chi connectivity index (χ1n) is 4.95. The Morgan fingerprint density at radius 1 is 1.25 bits per heavy atom. The van der Waals surface area contributed by atoms with Crippen molar-refractivity contribution < 1.29 is 4.39 Å². The van der Waals surface area contributed by atoms with Crippen molar-refractivity contribution in [3.63, 3.8) is 0 Å². The van der Waals surface area contributed by atoms with Gasteiger partial charge in [-0.05, 0) is 42.8 Å². The molecule has 16 heavy (non-hydrogen) atoms. The average molecular weight is 215 g/mol. The van der Waals surface area contributed by atoms with E-state index in [0.717, 1.165) is 16.9 Å². The molecule has 2 aromatic carbocycles. The fraction of sp³-hybridized carbons (Fsp3) is 0.0769. The highest BCUT2D eigenvalue weighted by atomic mass is 19.1. The van der Waals surface area contributed by atoms with Gasteiger partial charge in [0.15, 0.2) is 0 Å². The van der Waals surface area contributed by atoms with Crippen molar-refractivity contribution in [1.29, 1.82) is 0 Å². The molecule has 3 N–H and O–H groups in total. The second-order valence-electron chi connectivity index (χ2n) is 3.62. The largest absolute Gasteiger partial charge is 0.398 e. The van der Waals surface area contributed by atoms with Crippen molar-refractivity contribution in [2.45, 2.75) is 6.92 Å². The Morgan fingerprint density at radius 3 is 2.75 bits per heavy atom. The van der Waals surface area contributed by atoms with E-state index in [2.05, 4.69) is 11.4 Å². The number of halogens is 1. The normalized spacial score (nSPS) is 10.1. The first-order chi connectivity index (χ1) is 7.65. The molecule has 2 aromatic rings. The molecule has 0 spiro atoms. The minimum atomic E-state index is -0.232. The zero-order valence-corrected chi connectivity index (χ0v) is 8.92. The molecule has 0 saturated carbocycles. The Hall–Kier alpha value is -2.03. The maximum absolute atomic E-state index is 12.9. The Labute approximate surface area is 93.9 Å². The quantitative estimate of drug-likeness (QED) is 0.754. The van der Waals surface area contributed by atoms with Crippen LogP contribution in [-0.2, 0) is 0 Å². The van der Waals surface area contributed by atoms with Gasteiger partial charge in [-0.3, -0.25) is 0 Å². The summed E-state index contributed by atoms with van der Waals surface area (Å²) in [6.07, 6.45) is 0. The second kappa shape index (κ2) is 4.23. The summed E-state index contributed by atoms with van der Waals surface area (Å²) in [6.45, 7) is 1.85. The predicted octanol–water partition coefficient (Wildman–Crippen LogP) is 3.26. The van der Waals surface area contributed by atoms with Crippen LogP contribution in [0.25, 0.3) is 0 Å². The molecule has 2 nitrogen and oxygen atoms in total. The molecule has 0 aliphatic carbocycles. The van der Waals surface area contributed by atoms with Crippen LogP contribution in [0.5, 0.6) is 0 Å². The third-order valence-electron chi connectivity index (χ3n) is 2.29. The molecule has 0 heterocycles. The van der Waals surface area contributed by atoms with Crippen LogP contribution in [0.3, 0.4) is 0 Å². The smallest absolute Gasteiger partial charge is 0.123 e. The third-order valence-corrected chi connectivity index (χ3v) is 2.29. The van der Waals surface area contributed by atoms with E-state index >= 15 is 0 Å². The summed E-state index contributed by atoms with van der Waals surface area (Å²) in [5.41, 5.74) is 8.78. The predicted molar refractivity (Wildman–Crippen MR) is 64.1 cm³/mol. The molecule has 0 aliphatic rings. The molecule has 1 radical (unpaired) electrons. The lowest BCUT2D eigenvalue weighted by molar-refractivity contribution is 0.627. The van der Waals surface area contributed by atoms with E-state index in [4.69, 9.17) is 5.73 Å². The van der Waals surface area contributed by atoms with Gasteiger partial charge in [0, 0.05) is 23.1 Å². The molecule has 0 aliphatic heterocycles. The van der Waals surface area contributed by atoms with Crippen molar-refractivity contribution in [3.05, 3.63) is 53.8 Å². The number of nitrogens with two attached hydrogens (primary N) is 1. The molecule has 0 fully saturated rings. The monoisotopic (exact) mass is 215 g/mol. The van der Waals surface area contributed by atoms with Crippen molar-refractivity contribution >= 4 is 17.1 Å². The first-order valence-corrected chi connectivity index (χ1v) is 4.95. The Kier molecular flexibility index (Phi) is 2.77. The Balaban J connectivity index is 2.27. The van der Waals surface area contributed by atoms with Gasteiger partial charge >= 0.3 is 0 Å². The van der Waals surface area contributed by atoms with Crippen molar-refractivity contribution in [2.24, 2.45) is 0 Å². The second-order valence-corrected chi connectivity index (χ2v) is 3.62. The lowest BCUT2D eigenvalue weighted by Gasteiger charge is -2.09. The standard InChI is InChI=1S/C13H12FN2/c1-9-7-10(14)5-6-13(9)16-12-4-2-3-11(15)8-12/h2,4-8,16H,15H2,1H3. The molecule has 0 bridgehead atoms. The summed E-state index contributed by atoms with van der Waals surface area (Å²) in [7, 11) is 0. The van der Waals surface area contributed by atoms with E-state index in [0.29, 0.717) is 5.69 Å². The van der Waals surface area contributed by atoms with Gasteiger partial charge in [0.1, 0.15) is 5.82 Å². The van der Waals surface area contributed by atoms with Gasteiger partial charge in [-0.1, -0.05) is 6.07 Å². The number of hydrogen-bond donors (Lipinski definition) is 2. The molecule has 0 unspecified atom stereocenters. The lowest BCUT2D eigenvalue weighted by atomic mass is 10.2.